The van der Waals surface area contributed by atoms with Crippen LogP contribution >= 0.6 is 0 Å². The monoisotopic (exact) mass is 254 g/mol. The molecule has 5 nitrogen and oxygen atoms in total. The highest BCUT2D eigenvalue weighted by atomic mass is 16.3. The molecule has 0 aliphatic carbocycles. The Labute approximate surface area is 110 Å². The fourth-order valence-corrected chi connectivity index (χ4v) is 2.23. The van der Waals surface area contributed by atoms with E-state index in [4.69, 9.17) is 0 Å². The first-order chi connectivity index (χ1) is 9.24. The molecule has 0 aliphatic heterocycles. The van der Waals surface area contributed by atoms with Crippen LogP contribution in [0.5, 0.6) is 0 Å². The smallest absolute Gasteiger partial charge is 0.177 e. The summed E-state index contributed by atoms with van der Waals surface area (Å²) in [6, 6.07) is 13.9. The number of benzene rings is 2. The zero-order chi connectivity index (χ0) is 13.2. The molecule has 2 aromatic carbocycles. The fourth-order valence-electron chi connectivity index (χ4n) is 2.23. The molecule has 0 fully saturated rings. The first-order valence-corrected chi connectivity index (χ1v) is 6.12. The number of fused-ring (bicyclic) bond motifs is 1. The van der Waals surface area contributed by atoms with E-state index in [0.29, 0.717) is 12.2 Å². The maximum Gasteiger partial charge on any atom is 0.177 e. The zero-order valence-electron chi connectivity index (χ0n) is 10.6. The minimum Gasteiger partial charge on any atom is -0.388 e. The quantitative estimate of drug-likeness (QED) is 0.771. The highest BCUT2D eigenvalue weighted by Gasteiger charge is 2.14. The summed E-state index contributed by atoms with van der Waals surface area (Å²) < 4.78 is 0. The van der Waals surface area contributed by atoms with Gasteiger partial charge in [0.15, 0.2) is 5.82 Å². The summed E-state index contributed by atoms with van der Waals surface area (Å²) >= 11 is 0. The standard InChI is InChI=1S/C14H14N4O/c1-18-16-14(15-17-18)9-13(19)12-8-4-6-10-5-2-3-7-11(10)12/h2-8,13,19H,9H2,1H3. The Bertz CT molecular complexity index is 702. The van der Waals surface area contributed by atoms with Gasteiger partial charge in [0.1, 0.15) is 0 Å². The average Bonchev–Trinajstić information content (AvgIpc) is 2.83. The van der Waals surface area contributed by atoms with Crippen molar-refractivity contribution in [2.24, 2.45) is 7.05 Å². The van der Waals surface area contributed by atoms with E-state index >= 15 is 0 Å². The predicted octanol–water partition coefficient (Wildman–Crippen LogP) is 1.64. The van der Waals surface area contributed by atoms with Gasteiger partial charge in [-0.05, 0) is 21.5 Å². The Hall–Kier alpha value is -2.27. The second-order valence-electron chi connectivity index (χ2n) is 4.48. The van der Waals surface area contributed by atoms with Crippen LogP contribution in [0.1, 0.15) is 17.5 Å². The molecule has 0 radical (unpaired) electrons. The van der Waals surface area contributed by atoms with Crippen LogP contribution in [0.4, 0.5) is 0 Å². The highest BCUT2D eigenvalue weighted by molar-refractivity contribution is 5.85. The van der Waals surface area contributed by atoms with E-state index in [0.717, 1.165) is 16.3 Å². The lowest BCUT2D eigenvalue weighted by Crippen LogP contribution is -2.04. The Kier molecular flexibility index (Phi) is 2.97. The van der Waals surface area contributed by atoms with Gasteiger partial charge in [0, 0.05) is 6.42 Å². The molecule has 96 valence electrons. The molecule has 0 spiro atoms. The summed E-state index contributed by atoms with van der Waals surface area (Å²) in [6.07, 6.45) is -0.266. The molecule has 0 aliphatic rings. The third-order valence-electron chi connectivity index (χ3n) is 3.11. The molecule has 1 unspecified atom stereocenters. The number of aromatic nitrogens is 4. The molecule has 1 heterocycles. The van der Waals surface area contributed by atoms with E-state index in [1.54, 1.807) is 7.05 Å². The number of aryl methyl sites for hydroxylation is 1. The Morgan fingerprint density at radius 3 is 2.74 bits per heavy atom. The third-order valence-corrected chi connectivity index (χ3v) is 3.11. The average molecular weight is 254 g/mol. The van der Waals surface area contributed by atoms with Gasteiger partial charge in [0.2, 0.25) is 0 Å². The van der Waals surface area contributed by atoms with Crippen LogP contribution in [0.25, 0.3) is 10.8 Å². The first-order valence-electron chi connectivity index (χ1n) is 6.12. The molecule has 3 rings (SSSR count). The van der Waals surface area contributed by atoms with Crippen molar-refractivity contribution < 1.29 is 5.11 Å². The first kappa shape index (κ1) is 11.8. The van der Waals surface area contributed by atoms with Gasteiger partial charge in [-0.2, -0.15) is 4.80 Å². The minimum atomic E-state index is -0.629. The van der Waals surface area contributed by atoms with Gasteiger partial charge < -0.3 is 5.11 Å². The number of rotatable bonds is 3. The van der Waals surface area contributed by atoms with Crippen LogP contribution in [0.2, 0.25) is 0 Å². The molecule has 1 aromatic heterocycles. The van der Waals surface area contributed by atoms with Crippen molar-refractivity contribution in [1.82, 2.24) is 20.2 Å². The number of aliphatic hydroxyl groups excluding tert-OH is 1. The number of tetrazole rings is 1. The van der Waals surface area contributed by atoms with Crippen molar-refractivity contribution in [3.63, 3.8) is 0 Å². The Morgan fingerprint density at radius 2 is 1.95 bits per heavy atom. The van der Waals surface area contributed by atoms with Crippen LogP contribution in [-0.2, 0) is 13.5 Å². The van der Waals surface area contributed by atoms with Crippen molar-refractivity contribution in [2.45, 2.75) is 12.5 Å². The Morgan fingerprint density at radius 1 is 1.16 bits per heavy atom. The normalized spacial score (nSPS) is 12.7. The van der Waals surface area contributed by atoms with Gasteiger partial charge in [-0.1, -0.05) is 42.5 Å². The molecule has 3 aromatic rings. The van der Waals surface area contributed by atoms with E-state index in [9.17, 15) is 5.11 Å². The summed E-state index contributed by atoms with van der Waals surface area (Å²) in [5.74, 6) is 0.544. The lowest BCUT2D eigenvalue weighted by atomic mass is 9.99. The predicted molar refractivity (Wildman–Crippen MR) is 71.4 cm³/mol. The van der Waals surface area contributed by atoms with Gasteiger partial charge in [-0.3, -0.25) is 0 Å². The maximum atomic E-state index is 10.4. The van der Waals surface area contributed by atoms with Crippen molar-refractivity contribution >= 4 is 10.8 Å². The molecule has 0 saturated carbocycles. The summed E-state index contributed by atoms with van der Waals surface area (Å²) in [4.78, 5) is 1.39. The zero-order valence-corrected chi connectivity index (χ0v) is 10.6. The number of aliphatic hydroxyl groups is 1. The number of hydrogen-bond donors (Lipinski definition) is 1. The second-order valence-corrected chi connectivity index (χ2v) is 4.48. The number of hydrogen-bond acceptors (Lipinski definition) is 4. The summed E-state index contributed by atoms with van der Waals surface area (Å²) in [7, 11) is 1.71. The van der Waals surface area contributed by atoms with E-state index in [-0.39, 0.29) is 0 Å². The number of nitrogens with zero attached hydrogens (tertiary/aromatic N) is 4. The van der Waals surface area contributed by atoms with Gasteiger partial charge in [-0.25, -0.2) is 0 Å². The van der Waals surface area contributed by atoms with Crippen LogP contribution < -0.4 is 0 Å². The van der Waals surface area contributed by atoms with Gasteiger partial charge in [0.05, 0.1) is 13.2 Å². The van der Waals surface area contributed by atoms with Gasteiger partial charge in [-0.15, -0.1) is 10.2 Å². The van der Waals surface area contributed by atoms with E-state index in [1.807, 2.05) is 42.5 Å². The van der Waals surface area contributed by atoms with Gasteiger partial charge >= 0.3 is 0 Å². The highest BCUT2D eigenvalue weighted by Crippen LogP contribution is 2.25. The van der Waals surface area contributed by atoms with E-state index in [1.165, 1.54) is 4.80 Å². The maximum absolute atomic E-state index is 10.4. The van der Waals surface area contributed by atoms with Crippen molar-refractivity contribution in [2.75, 3.05) is 0 Å². The van der Waals surface area contributed by atoms with Gasteiger partial charge in [0.25, 0.3) is 0 Å². The van der Waals surface area contributed by atoms with Crippen molar-refractivity contribution in [1.29, 1.82) is 0 Å². The molecule has 0 amide bonds. The topological polar surface area (TPSA) is 63.8 Å². The SMILES string of the molecule is Cn1nnc(CC(O)c2cccc3ccccc23)n1. The molecule has 5 heteroatoms. The lowest BCUT2D eigenvalue weighted by Gasteiger charge is -2.11. The molecule has 19 heavy (non-hydrogen) atoms. The minimum absolute atomic E-state index is 0.363. The van der Waals surface area contributed by atoms with E-state index < -0.39 is 6.10 Å². The molecule has 0 saturated heterocycles. The van der Waals surface area contributed by atoms with Crippen molar-refractivity contribution in [3.05, 3.63) is 53.9 Å². The lowest BCUT2D eigenvalue weighted by molar-refractivity contribution is 0.177. The summed E-state index contributed by atoms with van der Waals surface area (Å²) in [5, 5.41) is 24.3. The molecule has 1 N–H and O–H groups in total. The molecular formula is C14H14N4O. The Balaban J connectivity index is 1.95. The summed E-state index contributed by atoms with van der Waals surface area (Å²) in [6.45, 7) is 0. The van der Waals surface area contributed by atoms with Crippen LogP contribution in [-0.4, -0.2) is 25.3 Å². The summed E-state index contributed by atoms with van der Waals surface area (Å²) in [5.41, 5.74) is 0.894. The second kappa shape index (κ2) is 4.78. The van der Waals surface area contributed by atoms with Crippen LogP contribution in [0.15, 0.2) is 42.5 Å². The molecule has 0 bridgehead atoms. The molecular weight excluding hydrogens is 240 g/mol. The van der Waals surface area contributed by atoms with Crippen molar-refractivity contribution in [3.8, 4) is 0 Å². The molecule has 1 atom stereocenters. The van der Waals surface area contributed by atoms with Crippen LogP contribution in [0.3, 0.4) is 0 Å². The largest absolute Gasteiger partial charge is 0.388 e. The fraction of sp³-hybridized carbons (Fsp3) is 0.214. The van der Waals surface area contributed by atoms with E-state index in [2.05, 4.69) is 15.4 Å². The van der Waals surface area contributed by atoms with Crippen LogP contribution in [0, 0.1) is 0 Å². The third kappa shape index (κ3) is 2.32.